The summed E-state index contributed by atoms with van der Waals surface area (Å²) < 4.78 is 0. The third-order valence-corrected chi connectivity index (χ3v) is 7.61. The molecule has 0 aromatic carbocycles. The molecule has 0 aromatic heterocycles. The van der Waals surface area contributed by atoms with E-state index in [-0.39, 0.29) is 41.2 Å². The second-order valence-electron chi connectivity index (χ2n) is 8.45. The first-order valence-electron chi connectivity index (χ1n) is 8.78. The Hall–Kier alpha value is -1.29. The molecule has 0 bridgehead atoms. The van der Waals surface area contributed by atoms with Gasteiger partial charge in [0, 0.05) is 35.7 Å². The minimum absolute atomic E-state index is 0.00412. The molecule has 0 aliphatic heterocycles. The summed E-state index contributed by atoms with van der Waals surface area (Å²) in [7, 11) is 0. The molecule has 124 valence electrons. The van der Waals surface area contributed by atoms with Crippen molar-refractivity contribution < 1.29 is 19.5 Å². The van der Waals surface area contributed by atoms with Gasteiger partial charge in [-0.3, -0.25) is 14.4 Å². The van der Waals surface area contributed by atoms with Gasteiger partial charge in [-0.05, 0) is 43.1 Å². The summed E-state index contributed by atoms with van der Waals surface area (Å²) in [5, 5.41) is 10.7. The van der Waals surface area contributed by atoms with E-state index in [0.717, 1.165) is 19.3 Å². The molecule has 3 saturated carbocycles. The van der Waals surface area contributed by atoms with E-state index in [1.807, 2.05) is 6.92 Å². The second kappa shape index (κ2) is 4.62. The Morgan fingerprint density at radius 1 is 1.09 bits per heavy atom. The van der Waals surface area contributed by atoms with E-state index in [1.165, 1.54) is 6.08 Å². The van der Waals surface area contributed by atoms with E-state index >= 15 is 0 Å². The van der Waals surface area contributed by atoms with Gasteiger partial charge in [-0.25, -0.2) is 0 Å². The maximum absolute atomic E-state index is 12.7. The van der Waals surface area contributed by atoms with Crippen LogP contribution < -0.4 is 0 Å². The fourth-order valence-electron chi connectivity index (χ4n) is 6.20. The third-order valence-electron chi connectivity index (χ3n) is 7.61. The molecular formula is C19H24O4. The molecule has 1 unspecified atom stereocenters. The first-order valence-corrected chi connectivity index (χ1v) is 8.78. The number of ketones is 3. The van der Waals surface area contributed by atoms with Gasteiger partial charge in [0.1, 0.15) is 5.78 Å². The van der Waals surface area contributed by atoms with E-state index in [9.17, 15) is 19.5 Å². The lowest BCUT2D eigenvalue weighted by Gasteiger charge is -2.57. The molecular weight excluding hydrogens is 292 g/mol. The predicted octanol–water partition coefficient (Wildman–Crippen LogP) is 2.24. The number of aliphatic hydroxyl groups excluding tert-OH is 1. The molecule has 0 aromatic rings. The zero-order valence-corrected chi connectivity index (χ0v) is 13.8. The molecule has 1 N–H and O–H groups in total. The van der Waals surface area contributed by atoms with Crippen molar-refractivity contribution in [2.75, 3.05) is 0 Å². The van der Waals surface area contributed by atoms with Crippen LogP contribution in [0.1, 0.15) is 52.4 Å². The average molecular weight is 316 g/mol. The maximum atomic E-state index is 12.7. The van der Waals surface area contributed by atoms with Gasteiger partial charge in [0.25, 0.3) is 0 Å². The maximum Gasteiger partial charge on any atom is 0.159 e. The van der Waals surface area contributed by atoms with Gasteiger partial charge in [0.05, 0.1) is 6.10 Å². The largest absolute Gasteiger partial charge is 0.392 e. The van der Waals surface area contributed by atoms with Gasteiger partial charge in [-0.15, -0.1) is 0 Å². The Morgan fingerprint density at radius 3 is 2.57 bits per heavy atom. The number of rotatable bonds is 0. The summed E-state index contributed by atoms with van der Waals surface area (Å²) in [6, 6.07) is 0. The Kier molecular flexibility index (Phi) is 3.07. The van der Waals surface area contributed by atoms with Gasteiger partial charge in [0.2, 0.25) is 0 Å². The quantitative estimate of drug-likeness (QED) is 0.744. The Balaban J connectivity index is 1.79. The van der Waals surface area contributed by atoms with Gasteiger partial charge in [-0.2, -0.15) is 0 Å². The first-order chi connectivity index (χ1) is 10.8. The lowest BCUT2D eigenvalue weighted by molar-refractivity contribution is -0.145. The Labute approximate surface area is 136 Å². The van der Waals surface area contributed by atoms with Crippen molar-refractivity contribution in [1.82, 2.24) is 0 Å². The molecule has 4 heteroatoms. The van der Waals surface area contributed by atoms with Gasteiger partial charge < -0.3 is 5.11 Å². The molecule has 0 heterocycles. The van der Waals surface area contributed by atoms with E-state index in [4.69, 9.17) is 0 Å². The lowest BCUT2D eigenvalue weighted by Crippen LogP contribution is -2.57. The van der Waals surface area contributed by atoms with Crippen LogP contribution in [0.2, 0.25) is 0 Å². The van der Waals surface area contributed by atoms with E-state index in [0.29, 0.717) is 24.2 Å². The minimum Gasteiger partial charge on any atom is -0.392 e. The second-order valence-corrected chi connectivity index (χ2v) is 8.45. The number of carbonyl (C=O) groups is 3. The van der Waals surface area contributed by atoms with Crippen molar-refractivity contribution in [3.05, 3.63) is 11.6 Å². The molecule has 6 atom stereocenters. The van der Waals surface area contributed by atoms with Gasteiger partial charge >= 0.3 is 0 Å². The van der Waals surface area contributed by atoms with Crippen LogP contribution in [-0.2, 0) is 14.4 Å². The normalized spacial score (nSPS) is 49.3. The summed E-state index contributed by atoms with van der Waals surface area (Å²) in [5.41, 5.74) is -0.370. The van der Waals surface area contributed by atoms with Crippen LogP contribution >= 0.6 is 0 Å². The zero-order chi connectivity index (χ0) is 16.6. The van der Waals surface area contributed by atoms with Gasteiger partial charge in [-0.1, -0.05) is 13.8 Å². The summed E-state index contributed by atoms with van der Waals surface area (Å²) in [6.07, 6.45) is 4.43. The molecule has 0 spiro atoms. The fraction of sp³-hybridized carbons (Fsp3) is 0.737. The first kappa shape index (κ1) is 15.3. The zero-order valence-electron chi connectivity index (χ0n) is 13.8. The highest BCUT2D eigenvalue weighted by atomic mass is 16.3. The summed E-state index contributed by atoms with van der Waals surface area (Å²) >= 11 is 0. The van der Waals surface area contributed by atoms with Crippen LogP contribution in [-0.4, -0.2) is 28.6 Å². The third kappa shape index (κ3) is 1.79. The molecule has 0 saturated heterocycles. The van der Waals surface area contributed by atoms with E-state index in [2.05, 4.69) is 6.92 Å². The molecule has 4 aliphatic rings. The smallest absolute Gasteiger partial charge is 0.159 e. The van der Waals surface area contributed by atoms with Crippen molar-refractivity contribution in [3.63, 3.8) is 0 Å². The van der Waals surface area contributed by atoms with Crippen molar-refractivity contribution in [2.45, 2.75) is 58.5 Å². The van der Waals surface area contributed by atoms with Crippen molar-refractivity contribution in [2.24, 2.45) is 28.6 Å². The molecule has 4 rings (SSSR count). The number of hydrogen-bond donors (Lipinski definition) is 1. The van der Waals surface area contributed by atoms with Crippen molar-refractivity contribution in [3.8, 4) is 0 Å². The number of hydrogen-bond acceptors (Lipinski definition) is 4. The van der Waals surface area contributed by atoms with E-state index < -0.39 is 11.5 Å². The van der Waals surface area contributed by atoms with Crippen LogP contribution in [0, 0.1) is 28.6 Å². The standard InChI is InChI=1S/C19H24O4/c1-18-6-5-13-11(12(18)3-4-16(18)22)9-15(21)14-7-10(20)8-17(23)19(13,14)2/h7,11-13,17,23H,3-6,8-9H2,1-2H3/t11-,12-,13-,17?,18-,19+/m0/s1. The van der Waals surface area contributed by atoms with Crippen molar-refractivity contribution >= 4 is 17.3 Å². The highest BCUT2D eigenvalue weighted by Crippen LogP contribution is 2.63. The SMILES string of the molecule is C[C@]12CC[C@H]3[C@@H](CC(=O)C4=CC(=O)CC(O)[C@@]43C)[C@@H]1CCC2=O. The molecule has 23 heavy (non-hydrogen) atoms. The fourth-order valence-corrected chi connectivity index (χ4v) is 6.20. The number of carbonyl (C=O) groups excluding carboxylic acids is 3. The molecule has 0 radical (unpaired) electrons. The van der Waals surface area contributed by atoms with Gasteiger partial charge in [0.15, 0.2) is 11.6 Å². The topological polar surface area (TPSA) is 71.4 Å². The summed E-state index contributed by atoms with van der Waals surface area (Å²) in [5.74, 6) is 0.814. The minimum atomic E-state index is -0.784. The number of aliphatic hydroxyl groups is 1. The lowest BCUT2D eigenvalue weighted by atomic mass is 9.46. The Morgan fingerprint density at radius 2 is 1.83 bits per heavy atom. The number of Topliss-reactive ketones (excluding diaryl/α,β-unsaturated/α-hetero) is 2. The molecule has 3 fully saturated rings. The molecule has 0 amide bonds. The number of fused-ring (bicyclic) bond motifs is 5. The molecule has 4 nitrogen and oxygen atoms in total. The molecule has 4 aliphatic carbocycles. The highest BCUT2D eigenvalue weighted by Gasteiger charge is 2.62. The summed E-state index contributed by atoms with van der Waals surface area (Å²) in [6.45, 7) is 4.03. The highest BCUT2D eigenvalue weighted by molar-refractivity contribution is 6.06. The van der Waals surface area contributed by atoms with Crippen LogP contribution in [0.5, 0.6) is 0 Å². The summed E-state index contributed by atoms with van der Waals surface area (Å²) in [4.78, 5) is 36.9. The van der Waals surface area contributed by atoms with Crippen molar-refractivity contribution in [1.29, 1.82) is 0 Å². The van der Waals surface area contributed by atoms with E-state index in [1.54, 1.807) is 0 Å². The van der Waals surface area contributed by atoms with Crippen LogP contribution in [0.25, 0.3) is 0 Å². The monoisotopic (exact) mass is 316 g/mol. The van der Waals surface area contributed by atoms with Crippen LogP contribution in [0.15, 0.2) is 11.6 Å². The van der Waals surface area contributed by atoms with Crippen LogP contribution in [0.4, 0.5) is 0 Å². The average Bonchev–Trinajstić information content (AvgIpc) is 2.78. The predicted molar refractivity (Wildman–Crippen MR) is 83.5 cm³/mol. The Bertz CT molecular complexity index is 648. The van der Waals surface area contributed by atoms with Crippen LogP contribution in [0.3, 0.4) is 0 Å².